The van der Waals surface area contributed by atoms with Gasteiger partial charge in [0.05, 0.1) is 16.8 Å². The fourth-order valence-corrected chi connectivity index (χ4v) is 2.27. The molecule has 4 N–H and O–H groups in total. The average molecular weight is 237 g/mol. The van der Waals surface area contributed by atoms with Crippen molar-refractivity contribution in [3.8, 4) is 10.6 Å². The van der Waals surface area contributed by atoms with Crippen LogP contribution in [0.4, 0.5) is 0 Å². The van der Waals surface area contributed by atoms with Crippen LogP contribution in [0.15, 0.2) is 17.6 Å². The molecule has 1 unspecified atom stereocenters. The third kappa shape index (κ3) is 1.84. The lowest BCUT2D eigenvalue weighted by Crippen LogP contribution is -2.21. The molecule has 2 aromatic rings. The first-order valence-electron chi connectivity index (χ1n) is 4.67. The summed E-state index contributed by atoms with van der Waals surface area (Å²) in [5, 5.41) is 10.7. The van der Waals surface area contributed by atoms with Gasteiger partial charge in [0.15, 0.2) is 6.04 Å². The fourth-order valence-electron chi connectivity index (χ4n) is 1.38. The zero-order valence-electron chi connectivity index (χ0n) is 8.60. The maximum Gasteiger partial charge on any atom is 0.328 e. The Labute approximate surface area is 95.9 Å². The normalized spacial score (nSPS) is 12.6. The summed E-state index contributed by atoms with van der Waals surface area (Å²) in [6, 6.07) is 0.895. The second-order valence-corrected chi connectivity index (χ2v) is 4.35. The van der Waals surface area contributed by atoms with E-state index < -0.39 is 12.0 Å². The highest BCUT2D eigenvalue weighted by atomic mass is 32.1. The Kier molecular flexibility index (Phi) is 2.76. The van der Waals surface area contributed by atoms with Gasteiger partial charge in [0.2, 0.25) is 0 Å². The van der Waals surface area contributed by atoms with Gasteiger partial charge < -0.3 is 15.8 Å². The van der Waals surface area contributed by atoms with Crippen LogP contribution in [0.5, 0.6) is 0 Å². The van der Waals surface area contributed by atoms with E-state index in [1.165, 1.54) is 0 Å². The number of aromatic amines is 1. The Morgan fingerprint density at radius 2 is 2.44 bits per heavy atom. The monoisotopic (exact) mass is 237 g/mol. The number of carboxylic acids is 1. The zero-order valence-corrected chi connectivity index (χ0v) is 9.41. The molecule has 0 bridgehead atoms. The minimum Gasteiger partial charge on any atom is -0.480 e. The second-order valence-electron chi connectivity index (χ2n) is 3.43. The van der Waals surface area contributed by atoms with Crippen molar-refractivity contribution in [3.05, 3.63) is 29.0 Å². The lowest BCUT2D eigenvalue weighted by Gasteiger charge is -2.01. The molecule has 0 saturated carbocycles. The van der Waals surface area contributed by atoms with Crippen LogP contribution in [0.1, 0.15) is 17.4 Å². The molecule has 0 spiro atoms. The number of carbonyl (C=O) groups is 1. The molecule has 5 nitrogen and oxygen atoms in total. The van der Waals surface area contributed by atoms with E-state index in [4.69, 9.17) is 10.8 Å². The van der Waals surface area contributed by atoms with Crippen molar-refractivity contribution in [2.24, 2.45) is 5.73 Å². The molecule has 2 rings (SSSR count). The van der Waals surface area contributed by atoms with Gasteiger partial charge >= 0.3 is 5.97 Å². The Morgan fingerprint density at radius 3 is 3.00 bits per heavy atom. The molecule has 0 amide bonds. The molecule has 0 aliphatic heterocycles. The number of aryl methyl sites for hydroxylation is 1. The van der Waals surface area contributed by atoms with Gasteiger partial charge in [0, 0.05) is 0 Å². The lowest BCUT2D eigenvalue weighted by molar-refractivity contribution is -0.138. The van der Waals surface area contributed by atoms with Crippen LogP contribution in [-0.4, -0.2) is 21.0 Å². The summed E-state index contributed by atoms with van der Waals surface area (Å²) in [5.74, 6) is -0.820. The average Bonchev–Trinajstić information content (AvgIpc) is 2.84. The van der Waals surface area contributed by atoms with Crippen molar-refractivity contribution in [3.63, 3.8) is 0 Å². The van der Waals surface area contributed by atoms with Crippen LogP contribution in [0.2, 0.25) is 0 Å². The smallest absolute Gasteiger partial charge is 0.328 e. The molecule has 0 aliphatic rings. The van der Waals surface area contributed by atoms with Gasteiger partial charge in [-0.25, -0.2) is 4.98 Å². The molecule has 6 heteroatoms. The third-order valence-electron chi connectivity index (χ3n) is 2.26. The standard InChI is InChI=1S/C10H11N3O2S/c1-5-2-3-16-8(5)6-4-12-9(13-6)7(11)10(14)15/h2-4,7H,11H2,1H3,(H,12,13)(H,14,15). The lowest BCUT2D eigenvalue weighted by atomic mass is 10.2. The van der Waals surface area contributed by atoms with Gasteiger partial charge in [-0.2, -0.15) is 0 Å². The number of imidazole rings is 1. The van der Waals surface area contributed by atoms with Gasteiger partial charge in [-0.1, -0.05) is 0 Å². The summed E-state index contributed by atoms with van der Waals surface area (Å²) < 4.78 is 0. The van der Waals surface area contributed by atoms with Crippen molar-refractivity contribution in [2.45, 2.75) is 13.0 Å². The number of nitrogens with one attached hydrogen (secondary N) is 1. The number of H-pyrrole nitrogens is 1. The predicted octanol–water partition coefficient (Wildman–Crippen LogP) is 1.53. The number of rotatable bonds is 3. The Hall–Kier alpha value is -1.66. The summed E-state index contributed by atoms with van der Waals surface area (Å²) in [5.41, 5.74) is 7.39. The van der Waals surface area contributed by atoms with E-state index in [9.17, 15) is 4.79 Å². The molecule has 16 heavy (non-hydrogen) atoms. The predicted molar refractivity (Wildman–Crippen MR) is 61.2 cm³/mol. The highest BCUT2D eigenvalue weighted by Gasteiger charge is 2.18. The maximum atomic E-state index is 10.7. The molecule has 2 heterocycles. The fraction of sp³-hybridized carbons (Fsp3) is 0.200. The number of aliphatic carboxylic acids is 1. The summed E-state index contributed by atoms with van der Waals surface area (Å²) in [6.45, 7) is 1.99. The van der Waals surface area contributed by atoms with Crippen molar-refractivity contribution >= 4 is 17.3 Å². The largest absolute Gasteiger partial charge is 0.480 e. The van der Waals surface area contributed by atoms with Crippen LogP contribution in [-0.2, 0) is 4.79 Å². The van der Waals surface area contributed by atoms with Gasteiger partial charge in [0.1, 0.15) is 5.82 Å². The number of hydrogen-bond donors (Lipinski definition) is 3. The number of nitrogens with zero attached hydrogens (tertiary/aromatic N) is 1. The Balaban J connectivity index is 2.33. The molecule has 84 valence electrons. The zero-order chi connectivity index (χ0) is 11.7. The number of aromatic nitrogens is 2. The second kappa shape index (κ2) is 4.07. The van der Waals surface area contributed by atoms with Crippen LogP contribution in [0.25, 0.3) is 10.6 Å². The van der Waals surface area contributed by atoms with E-state index in [0.29, 0.717) is 0 Å². The Morgan fingerprint density at radius 1 is 1.69 bits per heavy atom. The first kappa shape index (κ1) is 10.8. The summed E-state index contributed by atoms with van der Waals surface area (Å²) in [7, 11) is 0. The summed E-state index contributed by atoms with van der Waals surface area (Å²) in [6.07, 6.45) is 1.61. The first-order chi connectivity index (χ1) is 7.59. The van der Waals surface area contributed by atoms with E-state index in [1.54, 1.807) is 17.5 Å². The number of nitrogens with two attached hydrogens (primary N) is 1. The van der Waals surface area contributed by atoms with Crippen molar-refractivity contribution in [1.29, 1.82) is 0 Å². The van der Waals surface area contributed by atoms with Crippen molar-refractivity contribution < 1.29 is 9.90 Å². The number of thiophene rings is 1. The topological polar surface area (TPSA) is 92.0 Å². The minimum absolute atomic E-state index is 0.273. The quantitative estimate of drug-likeness (QED) is 0.754. The van der Waals surface area contributed by atoms with E-state index in [2.05, 4.69) is 9.97 Å². The van der Waals surface area contributed by atoms with Crippen LogP contribution < -0.4 is 5.73 Å². The molecule has 2 aromatic heterocycles. The van der Waals surface area contributed by atoms with E-state index in [0.717, 1.165) is 16.1 Å². The molecule has 0 aromatic carbocycles. The highest BCUT2D eigenvalue weighted by molar-refractivity contribution is 7.13. The summed E-state index contributed by atoms with van der Waals surface area (Å²) in [4.78, 5) is 18.6. The van der Waals surface area contributed by atoms with E-state index in [1.807, 2.05) is 18.4 Å². The molecule has 0 aliphatic carbocycles. The summed E-state index contributed by atoms with van der Waals surface area (Å²) >= 11 is 1.58. The molecule has 0 saturated heterocycles. The van der Waals surface area contributed by atoms with Gasteiger partial charge in [-0.05, 0) is 23.9 Å². The molecule has 0 fully saturated rings. The number of carboxylic acid groups (broad SMARTS) is 1. The van der Waals surface area contributed by atoms with Crippen LogP contribution >= 0.6 is 11.3 Å². The third-order valence-corrected chi connectivity index (χ3v) is 3.31. The molecule has 0 radical (unpaired) electrons. The molecule has 1 atom stereocenters. The van der Waals surface area contributed by atoms with Crippen molar-refractivity contribution in [2.75, 3.05) is 0 Å². The van der Waals surface area contributed by atoms with Crippen LogP contribution in [0, 0.1) is 6.92 Å². The van der Waals surface area contributed by atoms with Gasteiger partial charge in [-0.15, -0.1) is 11.3 Å². The highest BCUT2D eigenvalue weighted by Crippen LogP contribution is 2.27. The SMILES string of the molecule is Cc1ccsc1-c1cnc(C(N)C(=O)O)[nH]1. The Bertz CT molecular complexity index is 518. The van der Waals surface area contributed by atoms with Gasteiger partial charge in [-0.3, -0.25) is 4.79 Å². The van der Waals surface area contributed by atoms with Crippen molar-refractivity contribution in [1.82, 2.24) is 9.97 Å². The minimum atomic E-state index is -1.10. The van der Waals surface area contributed by atoms with E-state index in [-0.39, 0.29) is 5.82 Å². The molecular weight excluding hydrogens is 226 g/mol. The maximum absolute atomic E-state index is 10.7. The van der Waals surface area contributed by atoms with Crippen LogP contribution in [0.3, 0.4) is 0 Å². The number of hydrogen-bond acceptors (Lipinski definition) is 4. The first-order valence-corrected chi connectivity index (χ1v) is 5.55. The van der Waals surface area contributed by atoms with Gasteiger partial charge in [0.25, 0.3) is 0 Å². The van der Waals surface area contributed by atoms with E-state index >= 15 is 0 Å². The molecular formula is C10H11N3O2S.